The van der Waals surface area contributed by atoms with Crippen molar-refractivity contribution < 1.29 is 23.0 Å². The van der Waals surface area contributed by atoms with Gasteiger partial charge in [-0.05, 0) is 55.9 Å². The smallest absolute Gasteiger partial charge is 0.229 e. The van der Waals surface area contributed by atoms with Crippen LogP contribution in [0.15, 0.2) is 40.9 Å². The second-order valence-corrected chi connectivity index (χ2v) is 11.4. The molecule has 8 heteroatoms. The Balaban J connectivity index is 1.50. The summed E-state index contributed by atoms with van der Waals surface area (Å²) in [4.78, 5) is 0. The van der Waals surface area contributed by atoms with Gasteiger partial charge in [-0.15, -0.1) is 0 Å². The van der Waals surface area contributed by atoms with Crippen molar-refractivity contribution in [2.24, 2.45) is 5.92 Å². The van der Waals surface area contributed by atoms with Gasteiger partial charge in [0.05, 0.1) is 17.5 Å². The monoisotopic (exact) mass is 472 g/mol. The maximum absolute atomic E-state index is 11.7. The molecule has 0 radical (unpaired) electrons. The van der Waals surface area contributed by atoms with Crippen molar-refractivity contribution in [3.8, 4) is 0 Å². The zero-order valence-corrected chi connectivity index (χ0v) is 19.7. The topological polar surface area (TPSA) is 105 Å². The van der Waals surface area contributed by atoms with Crippen LogP contribution in [-0.4, -0.2) is 29.5 Å². The number of nitrogens with one attached hydrogen (secondary N) is 1. The number of aromatic nitrogens is 1. The molecule has 1 aromatic carbocycles. The van der Waals surface area contributed by atoms with E-state index < -0.39 is 22.2 Å². The maximum Gasteiger partial charge on any atom is 0.229 e. The first kappa shape index (κ1) is 22.5. The Labute approximate surface area is 194 Å². The molecular formula is C25H32N2O5S. The van der Waals surface area contributed by atoms with Gasteiger partial charge in [-0.1, -0.05) is 31.7 Å². The lowest BCUT2D eigenvalue weighted by Crippen LogP contribution is -2.09. The summed E-state index contributed by atoms with van der Waals surface area (Å²) in [6.45, 7) is 0. The van der Waals surface area contributed by atoms with E-state index in [1.54, 1.807) is 18.2 Å². The first-order valence-corrected chi connectivity index (χ1v) is 13.8. The minimum atomic E-state index is -3.39. The van der Waals surface area contributed by atoms with E-state index >= 15 is 0 Å². The van der Waals surface area contributed by atoms with Crippen molar-refractivity contribution in [1.29, 1.82) is 0 Å². The van der Waals surface area contributed by atoms with Crippen molar-refractivity contribution in [2.75, 3.05) is 11.0 Å². The molecule has 2 unspecified atom stereocenters. The fourth-order valence-corrected chi connectivity index (χ4v) is 6.15. The van der Waals surface area contributed by atoms with Crippen LogP contribution in [0.4, 0.5) is 5.69 Å². The molecule has 2 aliphatic rings. The van der Waals surface area contributed by atoms with Crippen molar-refractivity contribution in [1.82, 2.24) is 4.57 Å². The summed E-state index contributed by atoms with van der Waals surface area (Å²) < 4.78 is 34.1. The van der Waals surface area contributed by atoms with Gasteiger partial charge in [-0.2, -0.15) is 0 Å². The first-order chi connectivity index (χ1) is 15.8. The molecule has 3 N–H and O–H groups in total. The summed E-state index contributed by atoms with van der Waals surface area (Å²) in [6, 6.07) is 9.24. The van der Waals surface area contributed by atoms with Gasteiger partial charge in [0, 0.05) is 23.2 Å². The van der Waals surface area contributed by atoms with E-state index in [0.717, 1.165) is 74.1 Å². The zero-order valence-electron chi connectivity index (χ0n) is 18.9. The predicted octanol–water partition coefficient (Wildman–Crippen LogP) is 5.03. The van der Waals surface area contributed by atoms with E-state index in [2.05, 4.69) is 9.29 Å². The van der Waals surface area contributed by atoms with Gasteiger partial charge < -0.3 is 19.2 Å². The van der Waals surface area contributed by atoms with Gasteiger partial charge in [0.15, 0.2) is 0 Å². The van der Waals surface area contributed by atoms with E-state index in [9.17, 15) is 18.6 Å². The molecule has 0 aliphatic heterocycles. The van der Waals surface area contributed by atoms with Gasteiger partial charge in [0.1, 0.15) is 23.7 Å². The molecular weight excluding hydrogens is 440 g/mol. The molecule has 0 spiro atoms. The standard InChI is InChI=1S/C25H32N2O5S/c1-33(30,31)26-17-10-11-19-20(15-27(21(19)14-17)18-8-4-5-9-18)25(29)23-13-12-22(32-23)24(28)16-6-2-3-7-16/h10-16,18,24-26,28-29H,2-9H2,1H3. The molecule has 2 saturated carbocycles. The highest BCUT2D eigenvalue weighted by atomic mass is 32.2. The van der Waals surface area contributed by atoms with Crippen molar-refractivity contribution in [3.63, 3.8) is 0 Å². The van der Waals surface area contributed by atoms with Crippen LogP contribution in [0.2, 0.25) is 0 Å². The molecule has 0 saturated heterocycles. The average molecular weight is 473 g/mol. The van der Waals surface area contributed by atoms with Crippen LogP contribution in [0.5, 0.6) is 0 Å². The second kappa shape index (κ2) is 8.81. The van der Waals surface area contributed by atoms with Crippen molar-refractivity contribution in [2.45, 2.75) is 69.6 Å². The van der Waals surface area contributed by atoms with Gasteiger partial charge in [0.2, 0.25) is 10.0 Å². The van der Waals surface area contributed by atoms with Crippen LogP contribution in [0, 0.1) is 5.92 Å². The molecule has 2 aromatic heterocycles. The van der Waals surface area contributed by atoms with Crippen LogP contribution < -0.4 is 4.72 Å². The molecule has 7 nitrogen and oxygen atoms in total. The number of nitrogens with zero attached hydrogens (tertiary/aromatic N) is 1. The molecule has 2 fully saturated rings. The average Bonchev–Trinajstić information content (AvgIpc) is 3.58. The van der Waals surface area contributed by atoms with Crippen molar-refractivity contribution >= 4 is 26.6 Å². The van der Waals surface area contributed by atoms with E-state index in [0.29, 0.717) is 23.2 Å². The molecule has 33 heavy (non-hydrogen) atoms. The Bertz CT molecular complexity index is 1230. The first-order valence-electron chi connectivity index (χ1n) is 11.9. The lowest BCUT2D eigenvalue weighted by molar-refractivity contribution is 0.0829. The number of rotatable bonds is 7. The number of hydrogen-bond donors (Lipinski definition) is 3. The number of furan rings is 1. The predicted molar refractivity (Wildman–Crippen MR) is 128 cm³/mol. The quantitative estimate of drug-likeness (QED) is 0.448. The van der Waals surface area contributed by atoms with Crippen LogP contribution in [0.1, 0.15) is 86.7 Å². The Kier molecular flexibility index (Phi) is 6.01. The highest BCUT2D eigenvalue weighted by molar-refractivity contribution is 7.92. The minimum Gasteiger partial charge on any atom is -0.460 e. The summed E-state index contributed by atoms with van der Waals surface area (Å²) in [5.41, 5.74) is 2.12. The molecule has 0 bridgehead atoms. The molecule has 2 aliphatic carbocycles. The Hall–Kier alpha value is -2.29. The Morgan fingerprint density at radius 1 is 1.00 bits per heavy atom. The number of sulfonamides is 1. The third-order valence-corrected chi connectivity index (χ3v) is 7.84. The van der Waals surface area contributed by atoms with E-state index in [1.807, 2.05) is 18.3 Å². The second-order valence-electron chi connectivity index (χ2n) is 9.67. The van der Waals surface area contributed by atoms with E-state index in [-0.39, 0.29) is 5.92 Å². The van der Waals surface area contributed by atoms with Crippen LogP contribution in [-0.2, 0) is 10.0 Å². The summed E-state index contributed by atoms with van der Waals surface area (Å²) in [7, 11) is -3.39. The summed E-state index contributed by atoms with van der Waals surface area (Å²) in [5, 5.41) is 22.8. The minimum absolute atomic E-state index is 0.214. The third-order valence-electron chi connectivity index (χ3n) is 7.24. The molecule has 0 amide bonds. The fraction of sp³-hybridized carbons (Fsp3) is 0.520. The normalized spacial score (nSPS) is 20.0. The fourth-order valence-electron chi connectivity index (χ4n) is 5.59. The molecule has 178 valence electrons. The van der Waals surface area contributed by atoms with E-state index in [4.69, 9.17) is 4.42 Å². The number of anilines is 1. The van der Waals surface area contributed by atoms with Crippen LogP contribution >= 0.6 is 0 Å². The van der Waals surface area contributed by atoms with Crippen LogP contribution in [0.25, 0.3) is 10.9 Å². The molecule has 2 atom stereocenters. The maximum atomic E-state index is 11.7. The lowest BCUT2D eigenvalue weighted by Gasteiger charge is -2.15. The highest BCUT2D eigenvalue weighted by Gasteiger charge is 2.29. The summed E-state index contributed by atoms with van der Waals surface area (Å²) in [6.07, 6.45) is 10.2. The van der Waals surface area contributed by atoms with Gasteiger partial charge in [-0.3, -0.25) is 4.72 Å². The Morgan fingerprint density at radius 2 is 1.67 bits per heavy atom. The number of fused-ring (bicyclic) bond motifs is 1. The number of aliphatic hydroxyl groups excluding tert-OH is 2. The summed E-state index contributed by atoms with van der Waals surface area (Å²) >= 11 is 0. The van der Waals surface area contributed by atoms with E-state index in [1.165, 1.54) is 0 Å². The highest BCUT2D eigenvalue weighted by Crippen LogP contribution is 2.40. The van der Waals surface area contributed by atoms with Crippen LogP contribution in [0.3, 0.4) is 0 Å². The summed E-state index contributed by atoms with van der Waals surface area (Å²) in [5.74, 6) is 1.13. The van der Waals surface area contributed by atoms with Gasteiger partial charge in [0.25, 0.3) is 0 Å². The van der Waals surface area contributed by atoms with Crippen molar-refractivity contribution in [3.05, 3.63) is 53.6 Å². The third kappa shape index (κ3) is 4.56. The van der Waals surface area contributed by atoms with Gasteiger partial charge in [-0.25, -0.2) is 8.42 Å². The lowest BCUT2D eigenvalue weighted by atomic mass is 9.99. The molecule has 2 heterocycles. The molecule has 5 rings (SSSR count). The zero-order chi connectivity index (χ0) is 23.2. The SMILES string of the molecule is CS(=O)(=O)Nc1ccc2c(C(O)c3ccc(C(O)C4CCCC4)o3)cn(C3CCCC3)c2c1. The number of benzene rings is 1. The number of hydrogen-bond acceptors (Lipinski definition) is 5. The largest absolute Gasteiger partial charge is 0.460 e. The number of aliphatic hydroxyl groups is 2. The molecule has 3 aromatic rings. The Morgan fingerprint density at radius 3 is 2.36 bits per heavy atom. The van der Waals surface area contributed by atoms with Gasteiger partial charge >= 0.3 is 0 Å².